The van der Waals surface area contributed by atoms with Crippen LogP contribution in [0.15, 0.2) is 58.3 Å². The number of rotatable bonds is 6. The number of para-hydroxylation sites is 1. The van der Waals surface area contributed by atoms with Crippen molar-refractivity contribution in [2.24, 2.45) is 0 Å². The van der Waals surface area contributed by atoms with E-state index in [1.165, 1.54) is 16.0 Å². The molecule has 0 unspecified atom stereocenters. The Morgan fingerprint density at radius 2 is 1.96 bits per heavy atom. The summed E-state index contributed by atoms with van der Waals surface area (Å²) in [5, 5.41) is 16.6. The monoisotopic (exact) mass is 440 g/mol. The van der Waals surface area contributed by atoms with Gasteiger partial charge in [0, 0.05) is 14.8 Å². The molecule has 0 spiro atoms. The number of nitrogens with one attached hydrogen (secondary N) is 2. The molecule has 0 atom stereocenters. The van der Waals surface area contributed by atoms with E-state index in [1.807, 2.05) is 55.5 Å². The van der Waals surface area contributed by atoms with Crippen LogP contribution >= 0.6 is 47.1 Å². The summed E-state index contributed by atoms with van der Waals surface area (Å²) in [7, 11) is 0. The molecule has 9 heteroatoms. The standard InChI is InChI=1S/C18H17ClN4OS2.ClH/c1-2-17-22-23(18(20)26-17)11-16(24)21-14-5-3-4-6-15(14)25-13-9-7-12(19)8-10-13;/h3-10,20H,2,11H2,1H3,(H,21,24);1H. The first-order valence-electron chi connectivity index (χ1n) is 7.99. The van der Waals surface area contributed by atoms with E-state index in [1.54, 1.807) is 11.8 Å². The van der Waals surface area contributed by atoms with Crippen LogP contribution in [0.4, 0.5) is 5.69 Å². The van der Waals surface area contributed by atoms with Crippen LogP contribution in [0.3, 0.4) is 0 Å². The molecule has 27 heavy (non-hydrogen) atoms. The van der Waals surface area contributed by atoms with Crippen LogP contribution in [0.2, 0.25) is 5.02 Å². The van der Waals surface area contributed by atoms with Crippen molar-refractivity contribution in [2.45, 2.75) is 29.7 Å². The van der Waals surface area contributed by atoms with Gasteiger partial charge in [-0.2, -0.15) is 5.10 Å². The predicted molar refractivity (Wildman–Crippen MR) is 113 cm³/mol. The molecule has 2 N–H and O–H groups in total. The van der Waals surface area contributed by atoms with Gasteiger partial charge in [0.2, 0.25) is 10.7 Å². The highest BCUT2D eigenvalue weighted by atomic mass is 35.5. The number of hydrogen-bond donors (Lipinski definition) is 2. The SMILES string of the molecule is CCc1nn(CC(=O)Nc2ccccc2Sc2ccc(Cl)cc2)c(=N)s1.Cl. The maximum absolute atomic E-state index is 12.4. The zero-order valence-corrected chi connectivity index (χ0v) is 17.6. The molecule has 2 aromatic carbocycles. The highest BCUT2D eigenvalue weighted by Gasteiger charge is 2.11. The van der Waals surface area contributed by atoms with Crippen LogP contribution in [-0.4, -0.2) is 15.7 Å². The first-order valence-corrected chi connectivity index (χ1v) is 10.00. The van der Waals surface area contributed by atoms with Gasteiger partial charge in [-0.3, -0.25) is 10.2 Å². The lowest BCUT2D eigenvalue weighted by molar-refractivity contribution is -0.117. The zero-order valence-electron chi connectivity index (χ0n) is 14.4. The molecule has 0 aliphatic heterocycles. The number of carbonyl (C=O) groups excluding carboxylic acids is 1. The molecule has 3 aromatic rings. The van der Waals surface area contributed by atoms with Gasteiger partial charge < -0.3 is 5.32 Å². The number of carbonyl (C=O) groups is 1. The molecule has 1 amide bonds. The van der Waals surface area contributed by atoms with Crippen LogP contribution in [0, 0.1) is 5.41 Å². The van der Waals surface area contributed by atoms with Crippen molar-refractivity contribution >= 4 is 58.7 Å². The smallest absolute Gasteiger partial charge is 0.246 e. The quantitative estimate of drug-likeness (QED) is 0.575. The van der Waals surface area contributed by atoms with E-state index in [0.717, 1.165) is 26.9 Å². The van der Waals surface area contributed by atoms with Gasteiger partial charge in [0.25, 0.3) is 0 Å². The van der Waals surface area contributed by atoms with Crippen LogP contribution in [-0.2, 0) is 17.8 Å². The maximum Gasteiger partial charge on any atom is 0.246 e. The molecule has 1 aromatic heterocycles. The molecule has 5 nitrogen and oxygen atoms in total. The number of anilines is 1. The van der Waals surface area contributed by atoms with Crippen LogP contribution in [0.5, 0.6) is 0 Å². The Hall–Kier alpha value is -1.80. The Kier molecular flexibility index (Phi) is 7.91. The van der Waals surface area contributed by atoms with Crippen molar-refractivity contribution in [3.05, 3.63) is 63.4 Å². The average molecular weight is 441 g/mol. The molecule has 0 fully saturated rings. The van der Waals surface area contributed by atoms with E-state index in [9.17, 15) is 4.79 Å². The summed E-state index contributed by atoms with van der Waals surface area (Å²) < 4.78 is 1.42. The number of nitrogens with zero attached hydrogens (tertiary/aromatic N) is 2. The Labute approximate surface area is 176 Å². The van der Waals surface area contributed by atoms with E-state index in [4.69, 9.17) is 17.0 Å². The first kappa shape index (κ1) is 21.5. The van der Waals surface area contributed by atoms with E-state index < -0.39 is 0 Å². The molecule has 0 aliphatic rings. The molecule has 0 radical (unpaired) electrons. The van der Waals surface area contributed by atoms with E-state index in [-0.39, 0.29) is 29.7 Å². The molecule has 0 bridgehead atoms. The Balaban J connectivity index is 0.00000261. The molecule has 142 valence electrons. The van der Waals surface area contributed by atoms with Gasteiger partial charge in [-0.15, -0.1) is 12.4 Å². The summed E-state index contributed by atoms with van der Waals surface area (Å²) in [6.45, 7) is 2.00. The zero-order chi connectivity index (χ0) is 18.5. The van der Waals surface area contributed by atoms with Gasteiger partial charge in [-0.25, -0.2) is 4.68 Å². The van der Waals surface area contributed by atoms with Crippen molar-refractivity contribution < 1.29 is 4.79 Å². The Morgan fingerprint density at radius 1 is 1.26 bits per heavy atom. The summed E-state index contributed by atoms with van der Waals surface area (Å²) in [4.78, 5) is 14.7. The number of hydrogen-bond acceptors (Lipinski definition) is 5. The minimum absolute atomic E-state index is 0. The molecular weight excluding hydrogens is 423 g/mol. The number of amides is 1. The fraction of sp³-hybridized carbons (Fsp3) is 0.167. The summed E-state index contributed by atoms with van der Waals surface area (Å²) in [5.41, 5.74) is 0.732. The minimum atomic E-state index is -0.208. The molecule has 3 rings (SSSR count). The highest BCUT2D eigenvalue weighted by molar-refractivity contribution is 7.99. The van der Waals surface area contributed by atoms with Crippen molar-refractivity contribution in [1.29, 1.82) is 5.41 Å². The fourth-order valence-corrected chi connectivity index (χ4v) is 3.97. The maximum atomic E-state index is 12.4. The summed E-state index contributed by atoms with van der Waals surface area (Å²) in [5.74, 6) is -0.208. The largest absolute Gasteiger partial charge is 0.323 e. The Morgan fingerprint density at radius 3 is 2.63 bits per heavy atom. The lowest BCUT2D eigenvalue weighted by Gasteiger charge is -2.11. The number of halogens is 2. The predicted octanol–water partition coefficient (Wildman–Crippen LogP) is 4.85. The lowest BCUT2D eigenvalue weighted by atomic mass is 10.3. The highest BCUT2D eigenvalue weighted by Crippen LogP contribution is 2.33. The van der Waals surface area contributed by atoms with Gasteiger partial charge in [-0.05, 0) is 42.8 Å². The Bertz CT molecular complexity index is 970. The fourth-order valence-electron chi connectivity index (χ4n) is 2.23. The van der Waals surface area contributed by atoms with E-state index in [2.05, 4.69) is 10.4 Å². The van der Waals surface area contributed by atoms with Crippen molar-refractivity contribution in [1.82, 2.24) is 9.78 Å². The molecule has 0 saturated heterocycles. The van der Waals surface area contributed by atoms with E-state index in [0.29, 0.717) is 5.02 Å². The second-order valence-electron chi connectivity index (χ2n) is 5.41. The van der Waals surface area contributed by atoms with E-state index >= 15 is 0 Å². The third-order valence-electron chi connectivity index (χ3n) is 3.48. The lowest BCUT2D eigenvalue weighted by Crippen LogP contribution is -2.25. The van der Waals surface area contributed by atoms with Crippen LogP contribution in [0.25, 0.3) is 0 Å². The van der Waals surface area contributed by atoms with Gasteiger partial charge in [0.15, 0.2) is 0 Å². The molecule has 0 aliphatic carbocycles. The average Bonchev–Trinajstić information content (AvgIpc) is 2.98. The van der Waals surface area contributed by atoms with Gasteiger partial charge in [-0.1, -0.05) is 53.8 Å². The minimum Gasteiger partial charge on any atom is -0.323 e. The molecule has 0 saturated carbocycles. The molecule has 1 heterocycles. The van der Waals surface area contributed by atoms with Gasteiger partial charge >= 0.3 is 0 Å². The van der Waals surface area contributed by atoms with Crippen molar-refractivity contribution in [3.63, 3.8) is 0 Å². The second kappa shape index (κ2) is 9.94. The summed E-state index contributed by atoms with van der Waals surface area (Å²) in [6.07, 6.45) is 0.756. The number of aromatic nitrogens is 2. The van der Waals surface area contributed by atoms with Crippen LogP contribution in [0.1, 0.15) is 11.9 Å². The number of aryl methyl sites for hydroxylation is 1. The van der Waals surface area contributed by atoms with Crippen LogP contribution < -0.4 is 10.1 Å². The normalized spacial score (nSPS) is 10.3. The van der Waals surface area contributed by atoms with Crippen molar-refractivity contribution in [2.75, 3.05) is 5.32 Å². The third-order valence-corrected chi connectivity index (χ3v) is 5.83. The third kappa shape index (κ3) is 5.84. The topological polar surface area (TPSA) is 70.8 Å². The van der Waals surface area contributed by atoms with Gasteiger partial charge in [0.05, 0.1) is 5.69 Å². The summed E-state index contributed by atoms with van der Waals surface area (Å²) in [6, 6.07) is 15.2. The second-order valence-corrected chi connectivity index (χ2v) is 8.03. The summed E-state index contributed by atoms with van der Waals surface area (Å²) >= 11 is 8.77. The van der Waals surface area contributed by atoms with Crippen molar-refractivity contribution in [3.8, 4) is 0 Å². The first-order chi connectivity index (χ1) is 12.5. The van der Waals surface area contributed by atoms with Gasteiger partial charge in [0.1, 0.15) is 11.6 Å². The molecular formula is C18H18Cl2N4OS2. The number of benzene rings is 2.